The van der Waals surface area contributed by atoms with Crippen LogP contribution < -0.4 is 9.47 Å². The summed E-state index contributed by atoms with van der Waals surface area (Å²) in [4.78, 5) is 20.7. The van der Waals surface area contributed by atoms with E-state index in [4.69, 9.17) is 14.5 Å². The van der Waals surface area contributed by atoms with Gasteiger partial charge >= 0.3 is 0 Å². The van der Waals surface area contributed by atoms with Crippen LogP contribution in [0.5, 0.6) is 11.5 Å². The highest BCUT2D eigenvalue weighted by Crippen LogP contribution is 2.36. The van der Waals surface area contributed by atoms with Crippen molar-refractivity contribution in [2.24, 2.45) is 4.99 Å². The second kappa shape index (κ2) is 13.1. The van der Waals surface area contributed by atoms with E-state index in [2.05, 4.69) is 0 Å². The zero-order valence-electron chi connectivity index (χ0n) is 22.1. The number of hydrogen-bond acceptors (Lipinski definition) is 5. The van der Waals surface area contributed by atoms with Crippen molar-refractivity contribution in [3.05, 3.63) is 136 Å². The molecule has 0 spiro atoms. The maximum absolute atomic E-state index is 14.1. The Labute approximate surface area is 238 Å². The molecular weight excluding hydrogens is 523 g/mol. The van der Waals surface area contributed by atoms with Crippen molar-refractivity contribution in [3.8, 4) is 11.5 Å². The van der Waals surface area contributed by atoms with Gasteiger partial charge in [0.15, 0.2) is 16.7 Å². The Morgan fingerprint density at radius 3 is 2.27 bits per heavy atom. The predicted octanol–water partition coefficient (Wildman–Crippen LogP) is 7.48. The van der Waals surface area contributed by atoms with E-state index < -0.39 is 0 Å². The van der Waals surface area contributed by atoms with Crippen LogP contribution in [-0.2, 0) is 24.5 Å². The van der Waals surface area contributed by atoms with Crippen molar-refractivity contribution < 1.29 is 18.7 Å². The van der Waals surface area contributed by atoms with Crippen LogP contribution in [-0.4, -0.2) is 22.6 Å². The van der Waals surface area contributed by atoms with Gasteiger partial charge in [0.05, 0.1) is 24.6 Å². The average molecular weight is 553 g/mol. The van der Waals surface area contributed by atoms with Gasteiger partial charge in [-0.3, -0.25) is 14.7 Å². The fourth-order valence-corrected chi connectivity index (χ4v) is 5.17. The first-order valence-corrected chi connectivity index (χ1v) is 13.9. The molecule has 0 bridgehead atoms. The minimum Gasteiger partial charge on any atom is -0.490 e. The molecule has 40 heavy (non-hydrogen) atoms. The quantitative estimate of drug-likeness (QED) is 0.192. The van der Waals surface area contributed by atoms with Crippen LogP contribution in [0.3, 0.4) is 0 Å². The van der Waals surface area contributed by atoms with E-state index in [1.165, 1.54) is 17.8 Å². The molecule has 1 fully saturated rings. The van der Waals surface area contributed by atoms with Crippen LogP contribution in [0, 0.1) is 5.82 Å². The van der Waals surface area contributed by atoms with E-state index in [1.807, 2.05) is 85.8 Å². The summed E-state index contributed by atoms with van der Waals surface area (Å²) < 4.78 is 25.8. The van der Waals surface area contributed by atoms with Crippen LogP contribution in [0.2, 0.25) is 0 Å². The highest BCUT2D eigenvalue weighted by Gasteiger charge is 2.33. The van der Waals surface area contributed by atoms with E-state index in [1.54, 1.807) is 29.2 Å². The molecule has 1 aliphatic heterocycles. The molecule has 1 heterocycles. The number of hydrogen-bond donors (Lipinski definition) is 0. The van der Waals surface area contributed by atoms with Crippen molar-refractivity contribution in [1.29, 1.82) is 0 Å². The summed E-state index contributed by atoms with van der Waals surface area (Å²) in [6.07, 6.45) is 1.85. The molecule has 1 aliphatic rings. The molecule has 0 aromatic heterocycles. The number of benzene rings is 4. The van der Waals surface area contributed by atoms with Crippen molar-refractivity contribution in [2.75, 3.05) is 6.61 Å². The van der Waals surface area contributed by atoms with Crippen molar-refractivity contribution in [2.45, 2.75) is 26.6 Å². The Morgan fingerprint density at radius 1 is 0.850 bits per heavy atom. The molecule has 0 radical (unpaired) electrons. The van der Waals surface area contributed by atoms with Gasteiger partial charge in [0.1, 0.15) is 12.4 Å². The minimum atomic E-state index is -0.316. The van der Waals surface area contributed by atoms with Crippen molar-refractivity contribution in [3.63, 3.8) is 0 Å². The molecule has 0 saturated carbocycles. The summed E-state index contributed by atoms with van der Waals surface area (Å²) in [7, 11) is 0. The smallest absolute Gasteiger partial charge is 0.267 e. The number of ether oxygens (including phenoxy) is 2. The normalized spacial score (nSPS) is 15.2. The second-order valence-corrected chi connectivity index (χ2v) is 10.1. The highest BCUT2D eigenvalue weighted by atomic mass is 32.2. The summed E-state index contributed by atoms with van der Waals surface area (Å²) in [6, 6.07) is 31.9. The summed E-state index contributed by atoms with van der Waals surface area (Å²) in [5, 5.41) is 0.666. The van der Waals surface area contributed by atoms with Crippen LogP contribution in [0.25, 0.3) is 6.08 Å². The highest BCUT2D eigenvalue weighted by molar-refractivity contribution is 8.18. The lowest BCUT2D eigenvalue weighted by atomic mass is 10.1. The van der Waals surface area contributed by atoms with Gasteiger partial charge in [0.25, 0.3) is 5.91 Å². The number of carbonyl (C=O) groups is 1. The largest absolute Gasteiger partial charge is 0.490 e. The van der Waals surface area contributed by atoms with Gasteiger partial charge in [0.2, 0.25) is 0 Å². The Hall–Kier alpha value is -4.36. The maximum atomic E-state index is 14.1. The Balaban J connectivity index is 1.39. The number of amidine groups is 1. The molecule has 5 rings (SSSR count). The SMILES string of the molecule is CCOc1cc(/C=C2/SC(=NCc3ccccc3)N(Cc3ccccc3)C2=O)ccc1OCc1ccccc1F. The number of aliphatic imine (C=N–C) groups is 1. The fraction of sp³-hybridized carbons (Fsp3) is 0.152. The lowest BCUT2D eigenvalue weighted by Gasteiger charge is -2.15. The molecule has 5 nitrogen and oxygen atoms in total. The monoisotopic (exact) mass is 552 g/mol. The number of carbonyl (C=O) groups excluding carboxylic acids is 1. The first kappa shape index (κ1) is 27.2. The first-order valence-electron chi connectivity index (χ1n) is 13.1. The third-order valence-corrected chi connectivity index (χ3v) is 7.26. The van der Waals surface area contributed by atoms with Crippen LogP contribution in [0.15, 0.2) is 113 Å². The molecule has 0 atom stereocenters. The topological polar surface area (TPSA) is 51.1 Å². The number of thioether (sulfide) groups is 1. The van der Waals surface area contributed by atoms with Gasteiger partial charge in [-0.25, -0.2) is 4.39 Å². The van der Waals surface area contributed by atoms with Crippen molar-refractivity contribution in [1.82, 2.24) is 4.90 Å². The average Bonchev–Trinajstić information content (AvgIpc) is 3.27. The summed E-state index contributed by atoms with van der Waals surface area (Å²) >= 11 is 1.37. The lowest BCUT2D eigenvalue weighted by molar-refractivity contribution is -0.122. The van der Waals surface area contributed by atoms with Crippen LogP contribution in [0.1, 0.15) is 29.2 Å². The molecule has 7 heteroatoms. The Morgan fingerprint density at radius 2 is 1.55 bits per heavy atom. The molecule has 0 N–H and O–H groups in total. The number of rotatable bonds is 10. The third-order valence-electron chi connectivity index (χ3n) is 6.22. The van der Waals surface area contributed by atoms with Crippen LogP contribution in [0.4, 0.5) is 4.39 Å². The van der Waals surface area contributed by atoms with Gasteiger partial charge < -0.3 is 9.47 Å². The van der Waals surface area contributed by atoms with Gasteiger partial charge in [-0.15, -0.1) is 0 Å². The minimum absolute atomic E-state index is 0.0806. The van der Waals surface area contributed by atoms with Gasteiger partial charge in [-0.2, -0.15) is 0 Å². The summed E-state index contributed by atoms with van der Waals surface area (Å²) in [6.45, 7) is 3.32. The molecule has 4 aromatic carbocycles. The zero-order chi connectivity index (χ0) is 27.7. The van der Waals surface area contributed by atoms with E-state index in [-0.39, 0.29) is 18.3 Å². The fourth-order valence-electron chi connectivity index (χ4n) is 4.20. The lowest BCUT2D eigenvalue weighted by Crippen LogP contribution is -2.28. The zero-order valence-corrected chi connectivity index (χ0v) is 22.9. The van der Waals surface area contributed by atoms with Gasteiger partial charge in [0, 0.05) is 5.56 Å². The van der Waals surface area contributed by atoms with Gasteiger partial charge in [-0.1, -0.05) is 84.9 Å². The second-order valence-electron chi connectivity index (χ2n) is 9.09. The molecule has 1 saturated heterocycles. The van der Waals surface area contributed by atoms with E-state index in [0.29, 0.717) is 46.8 Å². The standard InChI is InChI=1S/C33H29FN2O3S/c1-2-38-30-19-26(17-18-29(30)39-23-27-15-9-10-16-28(27)34)20-31-32(37)36(22-25-13-7-4-8-14-25)33(40-31)35-21-24-11-5-3-6-12-24/h3-20H,2,21-23H2,1H3/b31-20+,35-33?. The summed E-state index contributed by atoms with van der Waals surface area (Å²) in [5.41, 5.74) is 3.36. The van der Waals surface area contributed by atoms with E-state index >= 15 is 0 Å². The number of halogens is 1. The van der Waals surface area contributed by atoms with Crippen LogP contribution >= 0.6 is 11.8 Å². The number of amides is 1. The van der Waals surface area contributed by atoms with Gasteiger partial charge in [-0.05, 0) is 59.7 Å². The summed E-state index contributed by atoms with van der Waals surface area (Å²) in [5.74, 6) is 0.623. The Bertz CT molecular complexity index is 1520. The van der Waals surface area contributed by atoms with E-state index in [0.717, 1.165) is 16.7 Å². The van der Waals surface area contributed by atoms with E-state index in [9.17, 15) is 9.18 Å². The van der Waals surface area contributed by atoms with Crippen molar-refractivity contribution >= 4 is 28.9 Å². The maximum Gasteiger partial charge on any atom is 0.267 e. The third kappa shape index (κ3) is 6.79. The molecule has 4 aromatic rings. The molecular formula is C33H29FN2O3S. The molecule has 1 amide bonds. The number of nitrogens with zero attached hydrogens (tertiary/aromatic N) is 2. The predicted molar refractivity (Wildman–Crippen MR) is 158 cm³/mol. The molecule has 202 valence electrons. The Kier molecular flexibility index (Phi) is 8.93. The molecule has 0 aliphatic carbocycles. The first-order chi connectivity index (χ1) is 19.6. The molecule has 0 unspecified atom stereocenters.